The molecule has 3 aromatic rings. The number of hydrogen-bond donors (Lipinski definition) is 1. The summed E-state index contributed by atoms with van der Waals surface area (Å²) in [4.78, 5) is 12.8. The minimum Gasteiger partial charge on any atom is -0.348 e. The fraction of sp³-hybridized carbons (Fsp3) is 0.227. The summed E-state index contributed by atoms with van der Waals surface area (Å²) in [5.41, 5.74) is 5.51. The van der Waals surface area contributed by atoms with Crippen molar-refractivity contribution in [2.45, 2.75) is 26.4 Å². The zero-order chi connectivity index (χ0) is 20.5. The Morgan fingerprint density at radius 1 is 1.14 bits per heavy atom. The van der Waals surface area contributed by atoms with Gasteiger partial charge in [0, 0.05) is 42.8 Å². The van der Waals surface area contributed by atoms with Crippen molar-refractivity contribution in [2.24, 2.45) is 0 Å². The molecule has 0 fully saturated rings. The molecule has 1 aliphatic rings. The van der Waals surface area contributed by atoms with Gasteiger partial charge in [0.2, 0.25) is 0 Å². The summed E-state index contributed by atoms with van der Waals surface area (Å²) < 4.78 is 2.21. The number of rotatable bonds is 3. The van der Waals surface area contributed by atoms with Crippen LogP contribution < -0.4 is 5.32 Å². The quantitative estimate of drug-likeness (QED) is 0.384. The molecule has 2 heterocycles. The number of benzene rings is 2. The summed E-state index contributed by atoms with van der Waals surface area (Å²) >= 11 is 5.79. The van der Waals surface area contributed by atoms with E-state index in [1.165, 1.54) is 5.56 Å². The van der Waals surface area contributed by atoms with E-state index in [9.17, 15) is 10.1 Å². The van der Waals surface area contributed by atoms with Crippen LogP contribution in [0.15, 0.2) is 60.8 Å². The number of nitrogens with zero attached hydrogens (tertiary/aromatic N) is 3. The molecule has 0 unspecified atom stereocenters. The number of non-ortho nitro benzene ring substituents is 1. The van der Waals surface area contributed by atoms with E-state index in [-0.39, 0.29) is 16.7 Å². The third kappa shape index (κ3) is 3.73. The summed E-state index contributed by atoms with van der Waals surface area (Å²) in [6.45, 7) is 5.71. The summed E-state index contributed by atoms with van der Waals surface area (Å²) in [7, 11) is 0. The van der Waals surface area contributed by atoms with Gasteiger partial charge in [-0.2, -0.15) is 0 Å². The standard InChI is InChI=1S/C22H22N4O2S/c1-15-5-10-19(16(2)14-15)23-22(29)25-13-12-24-11-3-4-20(24)21(25)17-6-8-18(9-7-17)26(27)28/h3-11,14,21H,12-13H2,1-2H3,(H,23,29)/t21-/m0/s1. The van der Waals surface area contributed by atoms with Gasteiger partial charge in [0.1, 0.15) is 0 Å². The van der Waals surface area contributed by atoms with Crippen molar-refractivity contribution < 1.29 is 4.92 Å². The predicted molar refractivity (Wildman–Crippen MR) is 118 cm³/mol. The van der Waals surface area contributed by atoms with Gasteiger partial charge in [-0.15, -0.1) is 0 Å². The van der Waals surface area contributed by atoms with Gasteiger partial charge < -0.3 is 14.8 Å². The topological polar surface area (TPSA) is 63.3 Å². The molecule has 7 heteroatoms. The molecular formula is C22H22N4O2S. The lowest BCUT2D eigenvalue weighted by Crippen LogP contribution is -2.44. The van der Waals surface area contributed by atoms with E-state index in [1.54, 1.807) is 12.1 Å². The maximum atomic E-state index is 11.0. The Morgan fingerprint density at radius 2 is 1.90 bits per heavy atom. The molecule has 148 valence electrons. The zero-order valence-electron chi connectivity index (χ0n) is 16.3. The normalized spacial score (nSPS) is 15.7. The SMILES string of the molecule is Cc1ccc(NC(=S)N2CCn3cccc3[C@@H]2c2ccc([N+](=O)[O-])cc2)c(C)c1. The van der Waals surface area contributed by atoms with Crippen molar-refractivity contribution >= 4 is 28.7 Å². The van der Waals surface area contributed by atoms with E-state index in [4.69, 9.17) is 12.2 Å². The Labute approximate surface area is 174 Å². The smallest absolute Gasteiger partial charge is 0.269 e. The molecule has 29 heavy (non-hydrogen) atoms. The lowest BCUT2D eigenvalue weighted by Gasteiger charge is -2.39. The largest absolute Gasteiger partial charge is 0.348 e. The number of anilines is 1. The van der Waals surface area contributed by atoms with Crippen LogP contribution in [0.4, 0.5) is 11.4 Å². The second-order valence-corrected chi connectivity index (χ2v) is 7.71. The van der Waals surface area contributed by atoms with Gasteiger partial charge in [0.15, 0.2) is 5.11 Å². The van der Waals surface area contributed by atoms with Crippen LogP contribution >= 0.6 is 12.2 Å². The van der Waals surface area contributed by atoms with Gasteiger partial charge >= 0.3 is 0 Å². The van der Waals surface area contributed by atoms with Crippen LogP contribution in [0.3, 0.4) is 0 Å². The lowest BCUT2D eigenvalue weighted by atomic mass is 10.00. The number of nitrogens with one attached hydrogen (secondary N) is 1. The highest BCUT2D eigenvalue weighted by molar-refractivity contribution is 7.80. The number of aryl methyl sites for hydroxylation is 2. The number of nitro benzene ring substituents is 1. The first-order valence-electron chi connectivity index (χ1n) is 9.48. The highest BCUT2D eigenvalue weighted by Gasteiger charge is 2.31. The van der Waals surface area contributed by atoms with Gasteiger partial charge in [0.25, 0.3) is 5.69 Å². The Kier molecular flexibility index (Phi) is 5.07. The number of thiocarbonyl (C=S) groups is 1. The maximum absolute atomic E-state index is 11.0. The molecule has 0 saturated carbocycles. The van der Waals surface area contributed by atoms with Crippen molar-refractivity contribution in [1.82, 2.24) is 9.47 Å². The van der Waals surface area contributed by atoms with Crippen molar-refractivity contribution in [3.8, 4) is 0 Å². The van der Waals surface area contributed by atoms with Gasteiger partial charge in [-0.25, -0.2) is 0 Å². The molecule has 0 bridgehead atoms. The number of fused-ring (bicyclic) bond motifs is 1. The molecule has 0 amide bonds. The van der Waals surface area contributed by atoms with Gasteiger partial charge in [-0.05, 0) is 67.5 Å². The summed E-state index contributed by atoms with van der Waals surface area (Å²) in [5, 5.41) is 15.1. The van der Waals surface area contributed by atoms with E-state index in [0.29, 0.717) is 5.11 Å². The minimum atomic E-state index is -0.378. The van der Waals surface area contributed by atoms with Crippen molar-refractivity contribution in [1.29, 1.82) is 0 Å². The molecule has 0 aliphatic carbocycles. The van der Waals surface area contributed by atoms with Crippen LogP contribution in [-0.2, 0) is 6.54 Å². The van der Waals surface area contributed by atoms with Gasteiger partial charge in [0.05, 0.1) is 11.0 Å². The zero-order valence-corrected chi connectivity index (χ0v) is 17.1. The monoisotopic (exact) mass is 406 g/mol. The van der Waals surface area contributed by atoms with E-state index in [1.807, 2.05) is 24.3 Å². The lowest BCUT2D eigenvalue weighted by molar-refractivity contribution is -0.384. The Hall–Kier alpha value is -3.19. The van der Waals surface area contributed by atoms with E-state index >= 15 is 0 Å². The highest BCUT2D eigenvalue weighted by atomic mass is 32.1. The molecule has 1 N–H and O–H groups in total. The molecule has 2 aromatic carbocycles. The molecule has 0 radical (unpaired) electrons. The van der Waals surface area contributed by atoms with Gasteiger partial charge in [-0.1, -0.05) is 17.7 Å². The summed E-state index contributed by atoms with van der Waals surface area (Å²) in [6.07, 6.45) is 2.06. The molecule has 1 atom stereocenters. The molecule has 6 nitrogen and oxygen atoms in total. The molecule has 0 spiro atoms. The second kappa shape index (κ2) is 7.67. The molecule has 0 saturated heterocycles. The molecule has 4 rings (SSSR count). The minimum absolute atomic E-state index is 0.0856. The average molecular weight is 407 g/mol. The Balaban J connectivity index is 1.67. The van der Waals surface area contributed by atoms with Crippen molar-refractivity contribution in [3.05, 3.63) is 93.3 Å². The first-order chi connectivity index (χ1) is 13.9. The van der Waals surface area contributed by atoms with Crippen LogP contribution in [0.2, 0.25) is 0 Å². The second-order valence-electron chi connectivity index (χ2n) is 7.32. The van der Waals surface area contributed by atoms with Gasteiger partial charge in [-0.3, -0.25) is 10.1 Å². The average Bonchev–Trinajstić information content (AvgIpc) is 3.18. The Morgan fingerprint density at radius 3 is 2.59 bits per heavy atom. The fourth-order valence-corrected chi connectivity index (χ4v) is 4.18. The highest BCUT2D eigenvalue weighted by Crippen LogP contribution is 2.34. The number of aromatic nitrogens is 1. The van der Waals surface area contributed by atoms with Crippen LogP contribution in [0.25, 0.3) is 0 Å². The molecule has 1 aromatic heterocycles. The van der Waals surface area contributed by atoms with Crippen LogP contribution in [0.1, 0.15) is 28.4 Å². The summed E-state index contributed by atoms with van der Waals surface area (Å²) in [5.74, 6) is 0. The van der Waals surface area contributed by atoms with Crippen LogP contribution in [0, 0.1) is 24.0 Å². The molecular weight excluding hydrogens is 384 g/mol. The van der Waals surface area contributed by atoms with Crippen molar-refractivity contribution in [3.63, 3.8) is 0 Å². The number of nitro groups is 1. The van der Waals surface area contributed by atoms with E-state index in [2.05, 4.69) is 53.0 Å². The first-order valence-corrected chi connectivity index (χ1v) is 9.89. The fourth-order valence-electron chi connectivity index (χ4n) is 3.87. The number of hydrogen-bond acceptors (Lipinski definition) is 3. The third-order valence-electron chi connectivity index (χ3n) is 5.34. The van der Waals surface area contributed by atoms with Crippen LogP contribution in [0.5, 0.6) is 0 Å². The predicted octanol–water partition coefficient (Wildman–Crippen LogP) is 4.82. The van der Waals surface area contributed by atoms with E-state index in [0.717, 1.165) is 35.6 Å². The maximum Gasteiger partial charge on any atom is 0.269 e. The van der Waals surface area contributed by atoms with Crippen molar-refractivity contribution in [2.75, 3.05) is 11.9 Å². The Bertz CT molecular complexity index is 1070. The van der Waals surface area contributed by atoms with E-state index < -0.39 is 0 Å². The first kappa shape index (κ1) is 19.1. The summed E-state index contributed by atoms with van der Waals surface area (Å²) in [6, 6.07) is 17.0. The third-order valence-corrected chi connectivity index (χ3v) is 5.68. The molecule has 1 aliphatic heterocycles. The van der Waals surface area contributed by atoms with Crippen LogP contribution in [-0.4, -0.2) is 26.0 Å².